The van der Waals surface area contributed by atoms with E-state index in [-0.39, 0.29) is 6.04 Å². The van der Waals surface area contributed by atoms with Crippen molar-refractivity contribution in [3.05, 3.63) is 53.1 Å². The average molecular weight is 413 g/mol. The molecule has 2 aromatic rings. The van der Waals surface area contributed by atoms with Crippen LogP contribution in [0.4, 0.5) is 5.69 Å². The number of guanidine groups is 1. The minimum absolute atomic E-state index is 0.0632. The van der Waals surface area contributed by atoms with Crippen molar-refractivity contribution in [1.82, 2.24) is 4.90 Å². The van der Waals surface area contributed by atoms with Crippen molar-refractivity contribution in [2.75, 3.05) is 52.4 Å². The Hall–Kier alpha value is -2.77. The SMILES string of the molecule is COc1ccc(C(CN=C(N)Nc2cc(C)cc(C)c2)N2CCOCC2)cc1OC. The first kappa shape index (κ1) is 21.9. The van der Waals surface area contributed by atoms with Gasteiger partial charge in [-0.05, 0) is 54.8 Å². The highest BCUT2D eigenvalue weighted by molar-refractivity contribution is 5.92. The zero-order valence-electron chi connectivity index (χ0n) is 18.3. The number of hydrogen-bond acceptors (Lipinski definition) is 5. The van der Waals surface area contributed by atoms with Gasteiger partial charge in [-0.25, -0.2) is 0 Å². The van der Waals surface area contributed by atoms with Crippen LogP contribution in [0.25, 0.3) is 0 Å². The lowest BCUT2D eigenvalue weighted by atomic mass is 10.0. The van der Waals surface area contributed by atoms with Crippen LogP contribution in [0.5, 0.6) is 11.5 Å². The van der Waals surface area contributed by atoms with E-state index in [4.69, 9.17) is 19.9 Å². The van der Waals surface area contributed by atoms with Crippen LogP contribution in [0.15, 0.2) is 41.4 Å². The summed E-state index contributed by atoms with van der Waals surface area (Å²) in [5.41, 5.74) is 10.6. The summed E-state index contributed by atoms with van der Waals surface area (Å²) in [6, 6.07) is 12.3. The quantitative estimate of drug-likeness (QED) is 0.537. The van der Waals surface area contributed by atoms with Crippen molar-refractivity contribution in [2.24, 2.45) is 10.7 Å². The van der Waals surface area contributed by atoms with Gasteiger partial charge in [0, 0.05) is 18.8 Å². The smallest absolute Gasteiger partial charge is 0.193 e. The Morgan fingerprint density at radius 3 is 2.37 bits per heavy atom. The van der Waals surface area contributed by atoms with Crippen LogP contribution in [0.1, 0.15) is 22.7 Å². The molecule has 0 saturated carbocycles. The monoisotopic (exact) mass is 412 g/mol. The Bertz CT molecular complexity index is 858. The number of benzene rings is 2. The molecule has 1 aliphatic heterocycles. The normalized spacial score (nSPS) is 16.2. The number of morpholine rings is 1. The van der Waals surface area contributed by atoms with E-state index in [1.165, 1.54) is 11.1 Å². The molecule has 0 radical (unpaired) electrons. The minimum Gasteiger partial charge on any atom is -0.493 e. The van der Waals surface area contributed by atoms with Crippen LogP contribution in [-0.2, 0) is 4.74 Å². The van der Waals surface area contributed by atoms with Crippen molar-refractivity contribution < 1.29 is 14.2 Å². The molecule has 1 fully saturated rings. The van der Waals surface area contributed by atoms with Crippen LogP contribution in [0, 0.1) is 13.8 Å². The second-order valence-electron chi connectivity index (χ2n) is 7.51. The van der Waals surface area contributed by atoms with Gasteiger partial charge in [-0.1, -0.05) is 12.1 Å². The molecule has 1 aliphatic rings. The number of hydrogen-bond donors (Lipinski definition) is 2. The van der Waals surface area contributed by atoms with Crippen molar-refractivity contribution >= 4 is 11.6 Å². The molecular formula is C23H32N4O3. The summed E-state index contributed by atoms with van der Waals surface area (Å²) in [6.45, 7) is 7.78. The molecule has 7 nitrogen and oxygen atoms in total. The highest BCUT2D eigenvalue weighted by Crippen LogP contribution is 2.32. The van der Waals surface area contributed by atoms with Crippen LogP contribution >= 0.6 is 0 Å². The predicted octanol–water partition coefficient (Wildman–Crippen LogP) is 3.12. The lowest BCUT2D eigenvalue weighted by Gasteiger charge is -2.34. The summed E-state index contributed by atoms with van der Waals surface area (Å²) in [7, 11) is 3.29. The largest absolute Gasteiger partial charge is 0.493 e. The van der Waals surface area contributed by atoms with Crippen LogP contribution < -0.4 is 20.5 Å². The number of anilines is 1. The first-order valence-corrected chi connectivity index (χ1v) is 10.2. The summed E-state index contributed by atoms with van der Waals surface area (Å²) in [5.74, 6) is 1.82. The number of nitrogens with two attached hydrogens (primary N) is 1. The molecule has 3 N–H and O–H groups in total. The first-order chi connectivity index (χ1) is 14.5. The molecule has 3 rings (SSSR count). The zero-order chi connectivity index (χ0) is 21.5. The molecule has 30 heavy (non-hydrogen) atoms. The highest BCUT2D eigenvalue weighted by Gasteiger charge is 2.23. The third kappa shape index (κ3) is 5.64. The van der Waals surface area contributed by atoms with E-state index in [1.807, 2.05) is 12.1 Å². The Morgan fingerprint density at radius 1 is 1.07 bits per heavy atom. The molecule has 1 saturated heterocycles. The maximum atomic E-state index is 6.21. The highest BCUT2D eigenvalue weighted by atomic mass is 16.5. The predicted molar refractivity (Wildman–Crippen MR) is 121 cm³/mol. The molecular weight excluding hydrogens is 380 g/mol. The zero-order valence-corrected chi connectivity index (χ0v) is 18.3. The lowest BCUT2D eigenvalue weighted by molar-refractivity contribution is 0.0179. The van der Waals surface area contributed by atoms with E-state index in [9.17, 15) is 0 Å². The van der Waals surface area contributed by atoms with Gasteiger partial charge >= 0.3 is 0 Å². The second-order valence-corrected chi connectivity index (χ2v) is 7.51. The third-order valence-electron chi connectivity index (χ3n) is 5.21. The van der Waals surface area contributed by atoms with E-state index in [2.05, 4.69) is 53.3 Å². The standard InChI is InChI=1S/C23H32N4O3/c1-16-11-17(2)13-19(12-16)26-23(24)25-15-20(27-7-9-30-10-8-27)18-5-6-21(28-3)22(14-18)29-4/h5-6,11-14,20H,7-10,15H2,1-4H3,(H3,24,25,26). The molecule has 162 valence electrons. The number of nitrogens with one attached hydrogen (secondary N) is 1. The Kier molecular flexibility index (Phi) is 7.54. The van der Waals surface area contributed by atoms with Gasteiger partial charge in [-0.15, -0.1) is 0 Å². The summed E-state index contributed by atoms with van der Waals surface area (Å²) in [5, 5.41) is 3.21. The summed E-state index contributed by atoms with van der Waals surface area (Å²) >= 11 is 0. The number of aliphatic imine (C=N–C) groups is 1. The second kappa shape index (κ2) is 10.3. The van der Waals surface area contributed by atoms with Gasteiger partial charge in [0.25, 0.3) is 0 Å². The van der Waals surface area contributed by atoms with E-state index >= 15 is 0 Å². The van der Waals surface area contributed by atoms with Gasteiger partial charge in [0.05, 0.1) is 40.0 Å². The van der Waals surface area contributed by atoms with Gasteiger partial charge in [-0.2, -0.15) is 0 Å². The number of nitrogens with zero attached hydrogens (tertiary/aromatic N) is 2. The van der Waals surface area contributed by atoms with Gasteiger partial charge in [0.15, 0.2) is 17.5 Å². The van der Waals surface area contributed by atoms with Crippen molar-refractivity contribution in [3.63, 3.8) is 0 Å². The van der Waals surface area contributed by atoms with Gasteiger partial charge in [0.2, 0.25) is 0 Å². The Morgan fingerprint density at radius 2 is 1.73 bits per heavy atom. The van der Waals surface area contributed by atoms with E-state index in [0.29, 0.717) is 37.2 Å². The number of rotatable bonds is 7. The van der Waals surface area contributed by atoms with Crippen LogP contribution in [0.3, 0.4) is 0 Å². The number of aryl methyl sites for hydroxylation is 2. The molecule has 0 aromatic heterocycles. The van der Waals surface area contributed by atoms with Crippen molar-refractivity contribution in [3.8, 4) is 11.5 Å². The number of methoxy groups -OCH3 is 2. The van der Waals surface area contributed by atoms with Gasteiger partial charge in [-0.3, -0.25) is 9.89 Å². The molecule has 1 atom stereocenters. The Labute approximate surface area is 178 Å². The fourth-order valence-corrected chi connectivity index (χ4v) is 3.80. The van der Waals surface area contributed by atoms with Crippen molar-refractivity contribution in [1.29, 1.82) is 0 Å². The molecule has 2 aromatic carbocycles. The lowest BCUT2D eigenvalue weighted by Crippen LogP contribution is -2.40. The maximum absolute atomic E-state index is 6.21. The van der Waals surface area contributed by atoms with E-state index in [0.717, 1.165) is 24.3 Å². The molecule has 0 bridgehead atoms. The molecule has 7 heteroatoms. The van der Waals surface area contributed by atoms with Crippen LogP contribution in [-0.4, -0.2) is 57.9 Å². The fraction of sp³-hybridized carbons (Fsp3) is 0.435. The van der Waals surface area contributed by atoms with E-state index in [1.54, 1.807) is 14.2 Å². The fourth-order valence-electron chi connectivity index (χ4n) is 3.80. The summed E-state index contributed by atoms with van der Waals surface area (Å²) in [4.78, 5) is 7.03. The van der Waals surface area contributed by atoms with Crippen LogP contribution in [0.2, 0.25) is 0 Å². The summed E-state index contributed by atoms with van der Waals surface area (Å²) < 4.78 is 16.4. The van der Waals surface area contributed by atoms with Gasteiger partial charge < -0.3 is 25.3 Å². The van der Waals surface area contributed by atoms with E-state index < -0.39 is 0 Å². The molecule has 1 unspecified atom stereocenters. The molecule has 0 aliphatic carbocycles. The third-order valence-corrected chi connectivity index (χ3v) is 5.21. The number of ether oxygens (including phenoxy) is 3. The molecule has 0 spiro atoms. The average Bonchev–Trinajstić information content (AvgIpc) is 2.73. The molecule has 1 heterocycles. The maximum Gasteiger partial charge on any atom is 0.193 e. The minimum atomic E-state index is 0.0632. The van der Waals surface area contributed by atoms with Crippen molar-refractivity contribution in [2.45, 2.75) is 19.9 Å². The first-order valence-electron chi connectivity index (χ1n) is 10.2. The topological polar surface area (TPSA) is 81.3 Å². The molecule has 0 amide bonds. The summed E-state index contributed by atoms with van der Waals surface area (Å²) in [6.07, 6.45) is 0. The van der Waals surface area contributed by atoms with Gasteiger partial charge in [0.1, 0.15) is 0 Å². The Balaban J connectivity index is 1.81.